The molecule has 10 nitrogen and oxygen atoms in total. The number of hydrogen-bond acceptors (Lipinski definition) is 9. The van der Waals surface area contributed by atoms with E-state index in [1.54, 1.807) is 0 Å². The summed E-state index contributed by atoms with van der Waals surface area (Å²) < 4.78 is 34.5. The van der Waals surface area contributed by atoms with E-state index in [9.17, 15) is 24.5 Å². The van der Waals surface area contributed by atoms with E-state index in [2.05, 4.69) is 43.4 Å². The average molecular weight is 854 g/mol. The molecule has 0 aromatic carbocycles. The van der Waals surface area contributed by atoms with Gasteiger partial charge in [0.25, 0.3) is 7.82 Å². The van der Waals surface area contributed by atoms with Crippen molar-refractivity contribution in [2.45, 2.75) is 186 Å². The molecule has 0 saturated carbocycles. The van der Waals surface area contributed by atoms with Crippen LogP contribution in [0.2, 0.25) is 0 Å². The molecule has 0 aliphatic heterocycles. The number of phosphoric acid groups is 1. The van der Waals surface area contributed by atoms with Crippen molar-refractivity contribution in [2.24, 2.45) is 0 Å². The second-order valence-corrected chi connectivity index (χ2v) is 18.1. The summed E-state index contributed by atoms with van der Waals surface area (Å²) in [7, 11) is 1.27. The van der Waals surface area contributed by atoms with Crippen LogP contribution in [-0.2, 0) is 27.9 Å². The van der Waals surface area contributed by atoms with Gasteiger partial charge >= 0.3 is 5.97 Å². The zero-order chi connectivity index (χ0) is 43.7. The number of unbranched alkanes of at least 4 members (excludes halogenated alkanes) is 15. The van der Waals surface area contributed by atoms with E-state index < -0.39 is 32.1 Å². The highest BCUT2D eigenvalue weighted by Gasteiger charge is 2.20. The second kappa shape index (κ2) is 40.2. The zero-order valence-corrected chi connectivity index (χ0v) is 39.1. The maximum atomic E-state index is 12.7. The number of ether oxygens (including phenoxy) is 2. The Balaban J connectivity index is 4.37. The number of nitrogens with zero attached hydrogens (tertiary/aromatic N) is 1. The number of aliphatic hydroxyl groups is 2. The normalized spacial score (nSPS) is 15.3. The van der Waals surface area contributed by atoms with Crippen molar-refractivity contribution in [3.05, 3.63) is 60.8 Å². The third kappa shape index (κ3) is 42.6. The van der Waals surface area contributed by atoms with E-state index in [4.69, 9.17) is 18.5 Å². The molecule has 0 aromatic heterocycles. The Morgan fingerprint density at radius 2 is 1.07 bits per heavy atom. The van der Waals surface area contributed by atoms with Gasteiger partial charge in [0, 0.05) is 13.0 Å². The molecule has 0 saturated heterocycles. The third-order valence-electron chi connectivity index (χ3n) is 9.85. The van der Waals surface area contributed by atoms with E-state index >= 15 is 0 Å². The molecule has 59 heavy (non-hydrogen) atoms. The van der Waals surface area contributed by atoms with Crippen LogP contribution in [0.3, 0.4) is 0 Å². The Morgan fingerprint density at radius 1 is 0.610 bits per heavy atom. The standard InChI is InChI=1S/C48H88NO9P/c1-6-8-9-10-11-12-13-14-15-19-22-25-28-31-34-37-41-55-43-45(44-57-59(53,54)56-42-40-49(3,4)5)58-48(52)39-36-33-30-27-24-21-18-16-17-20-23-26-29-32-35-38-47(51)46(50)7-2/h16-17,21,23-24,26,30,32-33,35,45-47,50-51H,6-15,18-20,22,25,27-29,31,34,36-44H2,1-5H3/b17-16+,24-21+,26-23+,33-30+,35-32+. The van der Waals surface area contributed by atoms with E-state index in [1.165, 1.54) is 89.9 Å². The van der Waals surface area contributed by atoms with Crippen LogP contribution in [0.15, 0.2) is 60.8 Å². The molecular formula is C48H88NO9P. The van der Waals surface area contributed by atoms with Crippen molar-refractivity contribution in [1.82, 2.24) is 0 Å². The van der Waals surface area contributed by atoms with Crippen molar-refractivity contribution < 1.29 is 47.5 Å². The van der Waals surface area contributed by atoms with Crippen LogP contribution in [0, 0.1) is 0 Å². The van der Waals surface area contributed by atoms with Crippen LogP contribution >= 0.6 is 7.82 Å². The fourth-order valence-electron chi connectivity index (χ4n) is 6.03. The van der Waals surface area contributed by atoms with E-state index in [0.29, 0.717) is 36.9 Å². The van der Waals surface area contributed by atoms with Gasteiger partial charge in [0.05, 0.1) is 46.6 Å². The van der Waals surface area contributed by atoms with Crippen molar-refractivity contribution >= 4 is 13.8 Å². The fourth-order valence-corrected chi connectivity index (χ4v) is 6.76. The van der Waals surface area contributed by atoms with E-state index in [-0.39, 0.29) is 26.2 Å². The van der Waals surface area contributed by atoms with Gasteiger partial charge in [-0.25, -0.2) is 0 Å². The van der Waals surface area contributed by atoms with Crippen LogP contribution in [0.4, 0.5) is 0 Å². The largest absolute Gasteiger partial charge is 0.756 e. The molecule has 0 aliphatic rings. The molecule has 0 rings (SSSR count). The summed E-state index contributed by atoms with van der Waals surface area (Å²) >= 11 is 0. The van der Waals surface area contributed by atoms with Crippen LogP contribution < -0.4 is 4.89 Å². The second-order valence-electron chi connectivity index (χ2n) is 16.7. The van der Waals surface area contributed by atoms with Gasteiger partial charge in [-0.2, -0.15) is 0 Å². The predicted octanol–water partition coefficient (Wildman–Crippen LogP) is 11.0. The summed E-state index contributed by atoms with van der Waals surface area (Å²) in [6.07, 6.45) is 43.9. The quantitative estimate of drug-likeness (QED) is 0.0202. The minimum absolute atomic E-state index is 0.000349. The zero-order valence-electron chi connectivity index (χ0n) is 38.2. The van der Waals surface area contributed by atoms with Crippen LogP contribution in [-0.4, -0.2) is 93.1 Å². The Labute approximate surface area is 361 Å². The first kappa shape index (κ1) is 57.1. The Morgan fingerprint density at radius 3 is 1.54 bits per heavy atom. The summed E-state index contributed by atoms with van der Waals surface area (Å²) in [6, 6.07) is 0. The Kier molecular flexibility index (Phi) is 38.9. The highest BCUT2D eigenvalue weighted by Crippen LogP contribution is 2.38. The minimum Gasteiger partial charge on any atom is -0.756 e. The van der Waals surface area contributed by atoms with Crippen molar-refractivity contribution in [3.63, 3.8) is 0 Å². The van der Waals surface area contributed by atoms with Crippen molar-refractivity contribution in [2.75, 3.05) is 54.1 Å². The lowest BCUT2D eigenvalue weighted by molar-refractivity contribution is -0.870. The van der Waals surface area contributed by atoms with Crippen molar-refractivity contribution in [1.29, 1.82) is 0 Å². The average Bonchev–Trinajstić information content (AvgIpc) is 3.19. The third-order valence-corrected chi connectivity index (χ3v) is 10.8. The first-order chi connectivity index (χ1) is 28.4. The lowest BCUT2D eigenvalue weighted by Crippen LogP contribution is -2.37. The van der Waals surface area contributed by atoms with Crippen LogP contribution in [0.25, 0.3) is 0 Å². The number of esters is 1. The number of quaternary nitrogens is 1. The maximum absolute atomic E-state index is 12.7. The number of carbonyl (C=O) groups excluding carboxylic acids is 1. The molecule has 11 heteroatoms. The van der Waals surface area contributed by atoms with Gasteiger partial charge in [-0.15, -0.1) is 0 Å². The number of hydrogen-bond donors (Lipinski definition) is 2. The molecule has 0 radical (unpaired) electrons. The smallest absolute Gasteiger partial charge is 0.306 e. The number of aliphatic hydroxyl groups excluding tert-OH is 2. The molecule has 4 unspecified atom stereocenters. The molecular weight excluding hydrogens is 765 g/mol. The predicted molar refractivity (Wildman–Crippen MR) is 243 cm³/mol. The van der Waals surface area contributed by atoms with Crippen molar-refractivity contribution in [3.8, 4) is 0 Å². The molecule has 0 bridgehead atoms. The monoisotopic (exact) mass is 854 g/mol. The Bertz CT molecular complexity index is 1160. The van der Waals surface area contributed by atoms with Crippen LogP contribution in [0.5, 0.6) is 0 Å². The molecule has 0 heterocycles. The highest BCUT2D eigenvalue weighted by molar-refractivity contribution is 7.45. The summed E-state index contributed by atoms with van der Waals surface area (Å²) in [6.45, 7) is 4.84. The first-order valence-corrected chi connectivity index (χ1v) is 24.6. The number of allylic oxidation sites excluding steroid dienone is 9. The molecule has 0 spiro atoms. The number of likely N-dealkylation sites (N-methyl/N-ethyl adjacent to an activating group) is 1. The van der Waals surface area contributed by atoms with Gasteiger partial charge in [-0.05, 0) is 51.4 Å². The number of phosphoric ester groups is 1. The Hall–Kier alpha value is -1.88. The molecule has 0 aliphatic carbocycles. The lowest BCUT2D eigenvalue weighted by atomic mass is 10.0. The molecule has 0 fully saturated rings. The van der Waals surface area contributed by atoms with E-state index in [0.717, 1.165) is 38.5 Å². The highest BCUT2D eigenvalue weighted by atomic mass is 31.2. The summed E-state index contributed by atoms with van der Waals surface area (Å²) in [4.78, 5) is 25.0. The summed E-state index contributed by atoms with van der Waals surface area (Å²) in [5.74, 6) is -0.433. The molecule has 0 amide bonds. The van der Waals surface area contributed by atoms with Crippen LogP contribution in [0.1, 0.15) is 168 Å². The summed E-state index contributed by atoms with van der Waals surface area (Å²) in [5.41, 5.74) is 0. The lowest BCUT2D eigenvalue weighted by Gasteiger charge is -2.28. The summed E-state index contributed by atoms with van der Waals surface area (Å²) in [5, 5.41) is 19.3. The van der Waals surface area contributed by atoms with Gasteiger partial charge in [-0.1, -0.05) is 171 Å². The molecule has 4 atom stereocenters. The topological polar surface area (TPSA) is 135 Å². The van der Waals surface area contributed by atoms with Gasteiger partial charge in [0.15, 0.2) is 0 Å². The van der Waals surface area contributed by atoms with Gasteiger partial charge in [0.2, 0.25) is 0 Å². The fraction of sp³-hybridized carbons (Fsp3) is 0.771. The van der Waals surface area contributed by atoms with Gasteiger partial charge in [0.1, 0.15) is 19.3 Å². The van der Waals surface area contributed by atoms with Gasteiger partial charge in [-0.3, -0.25) is 9.36 Å². The molecule has 0 aromatic rings. The minimum atomic E-state index is -4.56. The van der Waals surface area contributed by atoms with Gasteiger partial charge < -0.3 is 38.1 Å². The molecule has 2 N–H and O–H groups in total. The van der Waals surface area contributed by atoms with E-state index in [1.807, 2.05) is 52.4 Å². The molecule has 344 valence electrons. The first-order valence-electron chi connectivity index (χ1n) is 23.2. The number of carbonyl (C=O) groups is 1. The SMILES string of the molecule is CCCCCCCCCCCCCCCCCCOCC(COP(=O)([O-])OCC[N+](C)(C)C)OC(=O)CC/C=C/C/C=C/C/C=C/C/C=C/C/C=C/CC(O)C(O)CC. The number of rotatable bonds is 42. The maximum Gasteiger partial charge on any atom is 0.306 e.